The molecule has 0 unspecified atom stereocenters. The molecule has 1 aliphatic rings. The number of methoxy groups -OCH3 is 1. The van der Waals surface area contributed by atoms with Crippen LogP contribution in [-0.2, 0) is 0 Å². The zero-order valence-electron chi connectivity index (χ0n) is 14.9. The zero-order valence-corrected chi connectivity index (χ0v) is 15.6. The molecule has 6 heteroatoms. The lowest BCUT2D eigenvalue weighted by molar-refractivity contribution is 0.0361. The number of amides is 1. The van der Waals surface area contributed by atoms with Crippen molar-refractivity contribution < 1.29 is 19.1 Å². The third kappa shape index (κ3) is 3.40. The fourth-order valence-corrected chi connectivity index (χ4v) is 3.92. The number of hydrogen-bond acceptors (Lipinski definition) is 4. The van der Waals surface area contributed by atoms with Crippen molar-refractivity contribution in [1.29, 1.82) is 0 Å². The zero-order chi connectivity index (χ0) is 19.0. The maximum Gasteiger partial charge on any atom is 0.289 e. The van der Waals surface area contributed by atoms with Crippen LogP contribution in [0.1, 0.15) is 28.5 Å². The molecule has 0 spiro atoms. The number of carbonyl (C=O) groups excluding carboxylic acids is 1. The molecule has 2 atom stereocenters. The highest BCUT2D eigenvalue weighted by Gasteiger charge is 2.32. The summed E-state index contributed by atoms with van der Waals surface area (Å²) in [7, 11) is 1.53. The Hall–Kier alpha value is -2.50. The Kier molecular flexibility index (Phi) is 4.81. The molecule has 4 rings (SSSR count). The van der Waals surface area contributed by atoms with Crippen LogP contribution in [0.15, 0.2) is 52.9 Å². The van der Waals surface area contributed by atoms with Gasteiger partial charge in [-0.2, -0.15) is 0 Å². The molecular weight excluding hydrogens is 366 g/mol. The molecule has 0 saturated carbocycles. The van der Waals surface area contributed by atoms with Crippen LogP contribution >= 0.6 is 11.6 Å². The minimum absolute atomic E-state index is 0.0322. The van der Waals surface area contributed by atoms with Gasteiger partial charge < -0.3 is 19.2 Å². The lowest BCUT2D eigenvalue weighted by Crippen LogP contribution is -2.45. The van der Waals surface area contributed by atoms with Gasteiger partial charge in [0.15, 0.2) is 17.1 Å². The molecule has 140 valence electrons. The lowest BCUT2D eigenvalue weighted by atomic mass is 9.87. The van der Waals surface area contributed by atoms with Crippen LogP contribution < -0.4 is 4.74 Å². The van der Waals surface area contributed by atoms with E-state index >= 15 is 0 Å². The Morgan fingerprint density at radius 1 is 1.26 bits per heavy atom. The van der Waals surface area contributed by atoms with Gasteiger partial charge in [-0.3, -0.25) is 4.79 Å². The minimum Gasteiger partial charge on any atom is -0.493 e. The number of aliphatic hydroxyl groups is 1. The summed E-state index contributed by atoms with van der Waals surface area (Å²) in [4.78, 5) is 14.5. The number of ether oxygens (including phenoxy) is 1. The van der Waals surface area contributed by atoms with Crippen molar-refractivity contribution >= 4 is 28.5 Å². The van der Waals surface area contributed by atoms with Crippen molar-refractivity contribution in [3.05, 3.63) is 64.9 Å². The summed E-state index contributed by atoms with van der Waals surface area (Å²) in [5, 5.41) is 11.8. The number of β-amino-alcohol motifs (C(OH)–C–C–N with tert-alkyl or cyclic N) is 1. The molecule has 1 amide bonds. The fraction of sp³-hybridized carbons (Fsp3) is 0.286. The van der Waals surface area contributed by atoms with Crippen molar-refractivity contribution in [2.45, 2.75) is 18.4 Å². The molecule has 0 aliphatic carbocycles. The van der Waals surface area contributed by atoms with Crippen molar-refractivity contribution in [3.63, 3.8) is 0 Å². The second-order valence-corrected chi connectivity index (χ2v) is 7.20. The summed E-state index contributed by atoms with van der Waals surface area (Å²) in [5.41, 5.74) is 1.59. The van der Waals surface area contributed by atoms with Gasteiger partial charge in [-0.05, 0) is 24.1 Å². The van der Waals surface area contributed by atoms with E-state index in [4.69, 9.17) is 20.8 Å². The van der Waals surface area contributed by atoms with Crippen molar-refractivity contribution in [1.82, 2.24) is 4.90 Å². The second-order valence-electron chi connectivity index (χ2n) is 6.76. The summed E-state index contributed by atoms with van der Waals surface area (Å²) in [6.45, 7) is 0.831. The highest BCUT2D eigenvalue weighted by Crippen LogP contribution is 2.34. The Balaban J connectivity index is 1.55. The van der Waals surface area contributed by atoms with Gasteiger partial charge in [-0.15, -0.1) is 0 Å². The number of likely N-dealkylation sites (tertiary alicyclic amines) is 1. The molecule has 5 nitrogen and oxygen atoms in total. The first-order chi connectivity index (χ1) is 13.1. The Morgan fingerprint density at radius 2 is 2.04 bits per heavy atom. The molecule has 1 aliphatic heterocycles. The first kappa shape index (κ1) is 17.9. The molecule has 2 heterocycles. The predicted octanol–water partition coefficient (Wildman–Crippen LogP) is 4.09. The number of rotatable bonds is 3. The quantitative estimate of drug-likeness (QED) is 0.737. The van der Waals surface area contributed by atoms with Gasteiger partial charge in [-0.25, -0.2) is 0 Å². The smallest absolute Gasteiger partial charge is 0.289 e. The Morgan fingerprint density at radius 3 is 2.74 bits per heavy atom. The highest BCUT2D eigenvalue weighted by molar-refractivity contribution is 6.31. The Bertz CT molecular complexity index is 969. The summed E-state index contributed by atoms with van der Waals surface area (Å²) in [6.07, 6.45) is 0.0882. The van der Waals surface area contributed by atoms with E-state index in [2.05, 4.69) is 0 Å². The van der Waals surface area contributed by atoms with E-state index in [0.717, 1.165) is 5.56 Å². The first-order valence-corrected chi connectivity index (χ1v) is 9.24. The van der Waals surface area contributed by atoms with Crippen LogP contribution in [0.25, 0.3) is 11.0 Å². The molecule has 27 heavy (non-hydrogen) atoms. The fourth-order valence-electron chi connectivity index (χ4n) is 3.70. The highest BCUT2D eigenvalue weighted by atomic mass is 35.5. The van der Waals surface area contributed by atoms with Crippen molar-refractivity contribution in [2.75, 3.05) is 20.2 Å². The van der Waals surface area contributed by atoms with Crippen LogP contribution in [-0.4, -0.2) is 42.2 Å². The monoisotopic (exact) mass is 385 g/mol. The predicted molar refractivity (Wildman–Crippen MR) is 103 cm³/mol. The minimum atomic E-state index is -0.613. The van der Waals surface area contributed by atoms with Crippen molar-refractivity contribution in [3.8, 4) is 5.75 Å². The number of nitrogens with zero attached hydrogens (tertiary/aromatic N) is 1. The number of fused-ring (bicyclic) bond motifs is 1. The molecule has 1 N–H and O–H groups in total. The first-order valence-electron chi connectivity index (χ1n) is 8.86. The standard InChI is InChI=1S/C21H20ClNO4/c1-26-18-11-15(22)9-14-10-19(27-20(14)18)21(25)23-8-7-16(17(24)12-23)13-5-3-2-4-6-13/h2-6,9-11,16-17,24H,7-8,12H2,1H3/t16-,17-/m1/s1. The molecule has 2 aromatic carbocycles. The number of furan rings is 1. The van der Waals surface area contributed by atoms with E-state index in [0.29, 0.717) is 34.7 Å². The normalized spacial score (nSPS) is 20.0. The largest absolute Gasteiger partial charge is 0.493 e. The van der Waals surface area contributed by atoms with E-state index in [-0.39, 0.29) is 24.1 Å². The summed E-state index contributed by atoms with van der Waals surface area (Å²) in [5.74, 6) is 0.495. The summed E-state index contributed by atoms with van der Waals surface area (Å²) < 4.78 is 11.0. The van der Waals surface area contributed by atoms with E-state index in [9.17, 15) is 9.90 Å². The average Bonchev–Trinajstić information content (AvgIpc) is 3.11. The third-order valence-corrected chi connectivity index (χ3v) is 5.29. The van der Waals surface area contributed by atoms with Crippen LogP contribution in [0, 0.1) is 0 Å². The van der Waals surface area contributed by atoms with Gasteiger partial charge in [0.05, 0.1) is 13.2 Å². The van der Waals surface area contributed by atoms with E-state index in [1.54, 1.807) is 23.1 Å². The van der Waals surface area contributed by atoms with Crippen LogP contribution in [0.5, 0.6) is 5.75 Å². The number of carbonyl (C=O) groups is 1. The summed E-state index contributed by atoms with van der Waals surface area (Å²) >= 11 is 6.08. The van der Waals surface area contributed by atoms with E-state index in [1.165, 1.54) is 7.11 Å². The van der Waals surface area contributed by atoms with Gasteiger partial charge in [0.25, 0.3) is 5.91 Å². The van der Waals surface area contributed by atoms with Crippen LogP contribution in [0.4, 0.5) is 0 Å². The molecular formula is C21H20ClNO4. The second kappa shape index (κ2) is 7.25. The summed E-state index contributed by atoms with van der Waals surface area (Å²) in [6, 6.07) is 15.0. The lowest BCUT2D eigenvalue weighted by Gasteiger charge is -2.35. The van der Waals surface area contributed by atoms with Crippen LogP contribution in [0.3, 0.4) is 0 Å². The van der Waals surface area contributed by atoms with Crippen molar-refractivity contribution in [2.24, 2.45) is 0 Å². The van der Waals surface area contributed by atoms with Gasteiger partial charge >= 0.3 is 0 Å². The van der Waals surface area contributed by atoms with Gasteiger partial charge in [-0.1, -0.05) is 41.9 Å². The van der Waals surface area contributed by atoms with Gasteiger partial charge in [0.1, 0.15) is 0 Å². The third-order valence-electron chi connectivity index (χ3n) is 5.07. The molecule has 0 radical (unpaired) electrons. The number of hydrogen-bond donors (Lipinski definition) is 1. The Labute approximate surface area is 162 Å². The van der Waals surface area contributed by atoms with E-state index in [1.807, 2.05) is 30.3 Å². The van der Waals surface area contributed by atoms with E-state index < -0.39 is 6.10 Å². The number of halogens is 1. The maximum absolute atomic E-state index is 12.9. The maximum atomic E-state index is 12.9. The molecule has 1 saturated heterocycles. The molecule has 1 aromatic heterocycles. The molecule has 3 aromatic rings. The SMILES string of the molecule is COc1cc(Cl)cc2cc(C(=O)N3CC[C@H](c4ccccc4)[C@H](O)C3)oc12. The van der Waals surface area contributed by atoms with Gasteiger partial charge in [0, 0.05) is 35.5 Å². The number of piperidine rings is 1. The topological polar surface area (TPSA) is 62.9 Å². The molecule has 0 bridgehead atoms. The van der Waals surface area contributed by atoms with Crippen LogP contribution in [0.2, 0.25) is 5.02 Å². The molecule has 1 fully saturated rings. The number of aliphatic hydroxyl groups excluding tert-OH is 1. The number of benzene rings is 2. The average molecular weight is 386 g/mol. The van der Waals surface area contributed by atoms with Gasteiger partial charge in [0.2, 0.25) is 0 Å².